The number of aliphatic carboxylic acids is 1. The Morgan fingerprint density at radius 2 is 1.00 bits per heavy atom. The highest BCUT2D eigenvalue weighted by Gasteiger charge is 2.45. The molecule has 12 nitrogen and oxygen atoms in total. The van der Waals surface area contributed by atoms with Gasteiger partial charge in [-0.2, -0.15) is 0 Å². The Bertz CT molecular complexity index is 1920. The topological polar surface area (TPSA) is 137 Å². The predicted molar refractivity (Wildman–Crippen MR) is 203 cm³/mol. The van der Waals surface area contributed by atoms with Gasteiger partial charge < -0.3 is 47.7 Å². The van der Waals surface area contributed by atoms with Gasteiger partial charge in [-0.3, -0.25) is 9.59 Å². The number of esters is 1. The fourth-order valence-electron chi connectivity index (χ4n) is 6.74. The first-order valence-corrected chi connectivity index (χ1v) is 18.0. The minimum atomic E-state index is -1.000. The Morgan fingerprint density at radius 1 is 0.582 bits per heavy atom. The van der Waals surface area contributed by atoms with Crippen molar-refractivity contribution in [2.24, 2.45) is 10.8 Å². The van der Waals surface area contributed by atoms with Gasteiger partial charge in [-0.15, -0.1) is 0 Å². The molecular weight excluding hydrogens is 708 g/mol. The van der Waals surface area contributed by atoms with E-state index in [-0.39, 0.29) is 31.4 Å². The molecule has 2 heterocycles. The first kappa shape index (κ1) is 41.0. The maximum Gasteiger partial charge on any atom is 0.312 e. The van der Waals surface area contributed by atoms with Crippen molar-refractivity contribution >= 4 is 11.9 Å². The summed E-state index contributed by atoms with van der Waals surface area (Å²) in [6.45, 7) is 9.39. The fraction of sp³-hybridized carbons (Fsp3) is 0.395. The molecule has 55 heavy (non-hydrogen) atoms. The Hall–Kier alpha value is -5.14. The number of carboxylic acids is 1. The SMILES string of the molecule is COCCOCOc1ccc2c(c1)Oc1ccccc1C2C(C)(C)C(=O)O.COCCOCOc1ccc2c(c1)Oc1ccccc1C2C(C)(C)C(=O)OC. The largest absolute Gasteiger partial charge is 0.481 e. The van der Waals surface area contributed by atoms with Crippen molar-refractivity contribution in [3.63, 3.8) is 0 Å². The minimum absolute atomic E-state index is 0.1000. The van der Waals surface area contributed by atoms with Gasteiger partial charge in [-0.1, -0.05) is 48.5 Å². The molecular formula is C43H50O12. The van der Waals surface area contributed by atoms with Gasteiger partial charge >= 0.3 is 11.9 Å². The molecule has 12 heteroatoms. The maximum atomic E-state index is 12.5. The van der Waals surface area contributed by atoms with Crippen LogP contribution in [0.25, 0.3) is 0 Å². The molecule has 2 atom stereocenters. The summed E-state index contributed by atoms with van der Waals surface area (Å²) < 4.78 is 49.0. The van der Waals surface area contributed by atoms with Gasteiger partial charge in [0.25, 0.3) is 0 Å². The minimum Gasteiger partial charge on any atom is -0.481 e. The van der Waals surface area contributed by atoms with Gasteiger partial charge in [0.1, 0.15) is 34.5 Å². The van der Waals surface area contributed by atoms with Crippen molar-refractivity contribution in [1.82, 2.24) is 0 Å². The third-order valence-electron chi connectivity index (χ3n) is 9.68. The van der Waals surface area contributed by atoms with Crippen LogP contribution in [0.4, 0.5) is 0 Å². The van der Waals surface area contributed by atoms with Crippen LogP contribution in [-0.2, 0) is 33.3 Å². The molecule has 0 fully saturated rings. The van der Waals surface area contributed by atoms with Crippen LogP contribution in [0.3, 0.4) is 0 Å². The van der Waals surface area contributed by atoms with E-state index in [1.165, 1.54) is 7.11 Å². The number of hydrogen-bond donors (Lipinski definition) is 1. The number of hydrogen-bond acceptors (Lipinski definition) is 11. The molecule has 6 rings (SSSR count). The number of benzene rings is 4. The zero-order chi connectivity index (χ0) is 39.6. The molecule has 0 saturated heterocycles. The van der Waals surface area contributed by atoms with Crippen LogP contribution in [-0.4, -0.2) is 78.4 Å². The Morgan fingerprint density at radius 3 is 1.42 bits per heavy atom. The summed E-state index contributed by atoms with van der Waals surface area (Å²) in [5, 5.41) is 9.79. The molecule has 2 aliphatic rings. The molecule has 0 radical (unpaired) electrons. The first-order chi connectivity index (χ1) is 26.4. The Balaban J connectivity index is 0.000000211. The predicted octanol–water partition coefficient (Wildman–Crippen LogP) is 8.16. The average Bonchev–Trinajstić information content (AvgIpc) is 3.18. The highest BCUT2D eigenvalue weighted by Crippen LogP contribution is 2.54. The van der Waals surface area contributed by atoms with Crippen LogP contribution >= 0.6 is 0 Å². The van der Waals surface area contributed by atoms with E-state index in [0.717, 1.165) is 28.0 Å². The third kappa shape index (κ3) is 9.40. The normalized spacial score (nSPS) is 15.3. The number of carbonyl (C=O) groups excluding carboxylic acids is 1. The van der Waals surface area contributed by atoms with E-state index in [2.05, 4.69) is 0 Å². The molecule has 0 aliphatic carbocycles. The molecule has 0 saturated carbocycles. The standard InChI is InChI=1S/C22H26O6.C21H24O6/c1-22(2,21(23)25-4)20-16-7-5-6-8-18(16)28-19-13-15(9-10-17(19)20)27-14-26-12-11-24-3;1-21(2,20(22)23)19-15-6-4-5-7-17(15)27-18-12-14(8-9-16(18)19)26-13-25-11-10-24-3/h5-10,13,20H,11-12,14H2,1-4H3;4-9,12,19H,10-11,13H2,1-3H3,(H,22,23). The molecule has 1 N–H and O–H groups in total. The van der Waals surface area contributed by atoms with Gasteiger partial charge in [0.15, 0.2) is 13.6 Å². The fourth-order valence-corrected chi connectivity index (χ4v) is 6.74. The van der Waals surface area contributed by atoms with Crippen LogP contribution < -0.4 is 18.9 Å². The van der Waals surface area contributed by atoms with E-state index < -0.39 is 16.8 Å². The second-order valence-electron chi connectivity index (χ2n) is 14.1. The van der Waals surface area contributed by atoms with Crippen LogP contribution in [0.1, 0.15) is 61.8 Å². The highest BCUT2D eigenvalue weighted by molar-refractivity contribution is 5.79. The first-order valence-electron chi connectivity index (χ1n) is 18.0. The zero-order valence-electron chi connectivity index (χ0n) is 32.4. The van der Waals surface area contributed by atoms with Gasteiger partial charge in [0, 0.05) is 60.4 Å². The van der Waals surface area contributed by atoms with Crippen molar-refractivity contribution in [1.29, 1.82) is 0 Å². The quantitative estimate of drug-likeness (QED) is 0.0671. The molecule has 0 bridgehead atoms. The van der Waals surface area contributed by atoms with Crippen molar-refractivity contribution in [3.8, 4) is 34.5 Å². The van der Waals surface area contributed by atoms with Crippen LogP contribution in [0, 0.1) is 10.8 Å². The lowest BCUT2D eigenvalue weighted by Gasteiger charge is -2.37. The number of carbonyl (C=O) groups is 2. The second kappa shape index (κ2) is 18.5. The van der Waals surface area contributed by atoms with Gasteiger partial charge in [-0.05, 0) is 52.0 Å². The average molecular weight is 759 g/mol. The summed E-state index contributed by atoms with van der Waals surface area (Å²) in [5.74, 6) is 2.21. The van der Waals surface area contributed by atoms with E-state index in [1.807, 2.05) is 86.6 Å². The molecule has 2 unspecified atom stereocenters. The number of methoxy groups -OCH3 is 3. The van der Waals surface area contributed by atoms with Crippen molar-refractivity contribution in [2.75, 3.05) is 61.3 Å². The lowest BCUT2D eigenvalue weighted by molar-refractivity contribution is -0.151. The molecule has 294 valence electrons. The number of carboxylic acid groups (broad SMARTS) is 1. The van der Waals surface area contributed by atoms with Crippen molar-refractivity contribution in [3.05, 3.63) is 107 Å². The van der Waals surface area contributed by atoms with E-state index in [1.54, 1.807) is 40.2 Å². The third-order valence-corrected chi connectivity index (χ3v) is 9.68. The highest BCUT2D eigenvalue weighted by atomic mass is 16.7. The molecule has 0 amide bonds. The number of fused-ring (bicyclic) bond motifs is 4. The van der Waals surface area contributed by atoms with Crippen molar-refractivity contribution in [2.45, 2.75) is 39.5 Å². The summed E-state index contributed by atoms with van der Waals surface area (Å²) >= 11 is 0. The number of rotatable bonds is 16. The van der Waals surface area contributed by atoms with Gasteiger partial charge in [0.2, 0.25) is 0 Å². The molecule has 2 aliphatic heterocycles. The monoisotopic (exact) mass is 758 g/mol. The van der Waals surface area contributed by atoms with Crippen LogP contribution in [0.2, 0.25) is 0 Å². The van der Waals surface area contributed by atoms with E-state index in [9.17, 15) is 14.7 Å². The molecule has 0 aromatic heterocycles. The number of ether oxygens (including phenoxy) is 9. The lowest BCUT2D eigenvalue weighted by atomic mass is 9.70. The summed E-state index contributed by atoms with van der Waals surface area (Å²) in [6, 6.07) is 26.4. The Labute approximate surface area is 322 Å². The number of para-hydroxylation sites is 2. The Kier molecular flexibility index (Phi) is 13.8. The van der Waals surface area contributed by atoms with Crippen molar-refractivity contribution < 1.29 is 57.3 Å². The molecule has 4 aromatic carbocycles. The van der Waals surface area contributed by atoms with Crippen LogP contribution in [0.5, 0.6) is 34.5 Å². The molecule has 4 aromatic rings. The maximum absolute atomic E-state index is 12.5. The van der Waals surface area contributed by atoms with Gasteiger partial charge in [-0.25, -0.2) is 0 Å². The summed E-state index contributed by atoms with van der Waals surface area (Å²) in [4.78, 5) is 24.5. The molecule has 0 spiro atoms. The van der Waals surface area contributed by atoms with E-state index in [4.69, 9.17) is 42.6 Å². The van der Waals surface area contributed by atoms with Crippen LogP contribution in [0.15, 0.2) is 84.9 Å². The van der Waals surface area contributed by atoms with E-state index >= 15 is 0 Å². The van der Waals surface area contributed by atoms with Gasteiger partial charge in [0.05, 0.1) is 44.4 Å². The second-order valence-corrected chi connectivity index (χ2v) is 14.1. The summed E-state index contributed by atoms with van der Waals surface area (Å²) in [6.07, 6.45) is 0. The smallest absolute Gasteiger partial charge is 0.312 e. The summed E-state index contributed by atoms with van der Waals surface area (Å²) in [5.41, 5.74) is 1.81. The van der Waals surface area contributed by atoms with E-state index in [0.29, 0.717) is 55.2 Å². The lowest BCUT2D eigenvalue weighted by Crippen LogP contribution is -2.34. The zero-order valence-corrected chi connectivity index (χ0v) is 32.4. The summed E-state index contributed by atoms with van der Waals surface area (Å²) in [7, 11) is 4.64.